The lowest BCUT2D eigenvalue weighted by Crippen LogP contribution is -2.30. The van der Waals surface area contributed by atoms with Crippen LogP contribution in [0.1, 0.15) is 26.2 Å². The molecule has 0 fully saturated rings. The number of rotatable bonds is 7. The number of hydrogen-bond acceptors (Lipinski definition) is 5. The summed E-state index contributed by atoms with van der Waals surface area (Å²) in [5.74, 6) is -0.222. The monoisotopic (exact) mass is 239 g/mol. The van der Waals surface area contributed by atoms with Crippen LogP contribution in [0.5, 0.6) is 5.88 Å². The quantitative estimate of drug-likeness (QED) is 0.750. The number of carboxylic acids is 1. The minimum absolute atomic E-state index is 0.271. The molecule has 1 atom stereocenters. The van der Waals surface area contributed by atoms with Gasteiger partial charge in [-0.2, -0.15) is 4.98 Å². The third-order valence-corrected chi connectivity index (χ3v) is 2.29. The van der Waals surface area contributed by atoms with Crippen molar-refractivity contribution in [2.24, 2.45) is 0 Å². The van der Waals surface area contributed by atoms with Crippen LogP contribution in [0, 0.1) is 0 Å². The molecule has 0 spiro atoms. The van der Waals surface area contributed by atoms with Crippen molar-refractivity contribution >= 4 is 11.9 Å². The molecule has 0 bridgehead atoms. The molecule has 0 aliphatic carbocycles. The molecule has 2 N–H and O–H groups in total. The minimum atomic E-state index is -0.898. The first kappa shape index (κ1) is 13.2. The summed E-state index contributed by atoms with van der Waals surface area (Å²) in [6, 6.07) is 0.939. The summed E-state index contributed by atoms with van der Waals surface area (Å²) >= 11 is 0. The maximum absolute atomic E-state index is 11.0. The van der Waals surface area contributed by atoms with Crippen LogP contribution in [-0.2, 0) is 4.79 Å². The zero-order chi connectivity index (χ0) is 12.7. The van der Waals surface area contributed by atoms with Gasteiger partial charge in [-0.25, -0.2) is 9.78 Å². The van der Waals surface area contributed by atoms with Gasteiger partial charge in [0.05, 0.1) is 7.11 Å². The second-order valence-electron chi connectivity index (χ2n) is 3.60. The number of anilines is 1. The van der Waals surface area contributed by atoms with E-state index in [1.807, 2.05) is 6.92 Å². The van der Waals surface area contributed by atoms with Gasteiger partial charge >= 0.3 is 5.97 Å². The third kappa shape index (κ3) is 4.26. The van der Waals surface area contributed by atoms with Gasteiger partial charge in [-0.15, -0.1) is 0 Å². The number of ether oxygens (including phenoxy) is 1. The highest BCUT2D eigenvalue weighted by Gasteiger charge is 2.17. The van der Waals surface area contributed by atoms with E-state index in [0.29, 0.717) is 12.3 Å². The molecule has 1 heterocycles. The average Bonchev–Trinajstić information content (AvgIpc) is 2.34. The molecule has 0 aliphatic heterocycles. The molecule has 0 amide bonds. The summed E-state index contributed by atoms with van der Waals surface area (Å²) in [5, 5.41) is 11.8. The minimum Gasteiger partial charge on any atom is -0.481 e. The smallest absolute Gasteiger partial charge is 0.326 e. The number of unbranched alkanes of at least 4 members (excludes halogenated alkanes) is 1. The van der Waals surface area contributed by atoms with E-state index in [9.17, 15) is 4.79 Å². The Hall–Kier alpha value is -1.85. The fourth-order valence-corrected chi connectivity index (χ4v) is 1.35. The van der Waals surface area contributed by atoms with E-state index in [-0.39, 0.29) is 5.95 Å². The van der Waals surface area contributed by atoms with Crippen molar-refractivity contribution in [1.29, 1.82) is 0 Å². The second kappa shape index (κ2) is 6.67. The van der Waals surface area contributed by atoms with E-state index in [1.165, 1.54) is 13.3 Å². The van der Waals surface area contributed by atoms with Crippen molar-refractivity contribution in [3.05, 3.63) is 12.3 Å². The molecule has 1 aromatic rings. The van der Waals surface area contributed by atoms with E-state index in [4.69, 9.17) is 9.84 Å². The Morgan fingerprint density at radius 3 is 3.00 bits per heavy atom. The fraction of sp³-hybridized carbons (Fsp3) is 0.545. The Kier molecular flexibility index (Phi) is 5.19. The first-order chi connectivity index (χ1) is 8.17. The Morgan fingerprint density at radius 2 is 2.41 bits per heavy atom. The number of hydrogen-bond donors (Lipinski definition) is 2. The van der Waals surface area contributed by atoms with Crippen LogP contribution >= 0.6 is 0 Å². The van der Waals surface area contributed by atoms with E-state index < -0.39 is 12.0 Å². The van der Waals surface area contributed by atoms with Gasteiger partial charge in [0, 0.05) is 12.3 Å². The van der Waals surface area contributed by atoms with Crippen molar-refractivity contribution in [3.8, 4) is 5.88 Å². The van der Waals surface area contributed by atoms with Crippen LogP contribution in [0.25, 0.3) is 0 Å². The number of carboxylic acid groups (broad SMARTS) is 1. The van der Waals surface area contributed by atoms with Crippen LogP contribution in [0.15, 0.2) is 12.3 Å². The molecule has 6 heteroatoms. The lowest BCUT2D eigenvalue weighted by Gasteiger charge is -2.13. The molecular formula is C11H17N3O3. The van der Waals surface area contributed by atoms with Gasteiger partial charge in [-0.3, -0.25) is 0 Å². The predicted octanol–water partition coefficient (Wildman–Crippen LogP) is 1.54. The average molecular weight is 239 g/mol. The predicted molar refractivity (Wildman–Crippen MR) is 63.2 cm³/mol. The molecule has 17 heavy (non-hydrogen) atoms. The van der Waals surface area contributed by atoms with Crippen molar-refractivity contribution in [2.75, 3.05) is 12.4 Å². The Morgan fingerprint density at radius 1 is 1.65 bits per heavy atom. The summed E-state index contributed by atoms with van der Waals surface area (Å²) in [6.07, 6.45) is 3.86. The Bertz CT molecular complexity index is 371. The molecule has 1 rings (SSSR count). The number of aliphatic carboxylic acids is 1. The van der Waals surface area contributed by atoms with Gasteiger partial charge in [-0.05, 0) is 6.42 Å². The highest BCUT2D eigenvalue weighted by molar-refractivity contribution is 5.76. The zero-order valence-electron chi connectivity index (χ0n) is 10.0. The van der Waals surface area contributed by atoms with Crippen LogP contribution in [-0.4, -0.2) is 34.2 Å². The Balaban J connectivity index is 2.67. The molecule has 6 nitrogen and oxygen atoms in total. The number of aromatic nitrogens is 2. The number of carbonyl (C=O) groups is 1. The molecule has 1 aromatic heterocycles. The largest absolute Gasteiger partial charge is 0.481 e. The highest BCUT2D eigenvalue weighted by atomic mass is 16.5. The van der Waals surface area contributed by atoms with Crippen LogP contribution in [0.3, 0.4) is 0 Å². The summed E-state index contributed by atoms with van der Waals surface area (Å²) in [5.41, 5.74) is 0. The van der Waals surface area contributed by atoms with Gasteiger partial charge in [0.15, 0.2) is 0 Å². The lowest BCUT2D eigenvalue weighted by atomic mass is 10.1. The normalized spacial score (nSPS) is 11.9. The van der Waals surface area contributed by atoms with E-state index in [2.05, 4.69) is 15.3 Å². The summed E-state index contributed by atoms with van der Waals surface area (Å²) in [4.78, 5) is 19.0. The molecular weight excluding hydrogens is 222 g/mol. The van der Waals surface area contributed by atoms with Gasteiger partial charge < -0.3 is 15.2 Å². The SMILES string of the molecule is CCCC[C@H](Nc1nccc(OC)n1)C(=O)O. The van der Waals surface area contributed by atoms with Gasteiger partial charge in [0.1, 0.15) is 6.04 Å². The summed E-state index contributed by atoms with van der Waals surface area (Å²) in [7, 11) is 1.50. The van der Waals surface area contributed by atoms with Crippen molar-refractivity contribution in [3.63, 3.8) is 0 Å². The molecule has 0 unspecified atom stereocenters. The first-order valence-corrected chi connectivity index (χ1v) is 5.53. The molecule has 0 saturated heterocycles. The topological polar surface area (TPSA) is 84.3 Å². The lowest BCUT2D eigenvalue weighted by molar-refractivity contribution is -0.138. The van der Waals surface area contributed by atoms with Gasteiger partial charge in [-0.1, -0.05) is 19.8 Å². The van der Waals surface area contributed by atoms with E-state index in [1.54, 1.807) is 6.07 Å². The van der Waals surface area contributed by atoms with Crippen LogP contribution < -0.4 is 10.1 Å². The number of nitrogens with zero attached hydrogens (tertiary/aromatic N) is 2. The standard InChI is InChI=1S/C11H17N3O3/c1-3-4-5-8(10(15)16)13-11-12-7-6-9(14-11)17-2/h6-8H,3-5H2,1-2H3,(H,15,16)(H,12,13,14)/t8-/m0/s1. The molecule has 94 valence electrons. The fourth-order valence-electron chi connectivity index (χ4n) is 1.35. The highest BCUT2D eigenvalue weighted by Crippen LogP contribution is 2.11. The maximum atomic E-state index is 11.0. The summed E-state index contributed by atoms with van der Waals surface area (Å²) in [6.45, 7) is 2.01. The first-order valence-electron chi connectivity index (χ1n) is 5.53. The van der Waals surface area contributed by atoms with Crippen LogP contribution in [0.4, 0.5) is 5.95 Å². The molecule has 0 saturated carbocycles. The molecule has 0 radical (unpaired) electrons. The molecule has 0 aliphatic rings. The Labute approximate surface area is 100 Å². The van der Waals surface area contributed by atoms with Crippen molar-refractivity contribution in [2.45, 2.75) is 32.2 Å². The van der Waals surface area contributed by atoms with Gasteiger partial charge in [0.2, 0.25) is 11.8 Å². The molecule has 0 aromatic carbocycles. The second-order valence-corrected chi connectivity index (χ2v) is 3.60. The summed E-state index contributed by atoms with van der Waals surface area (Å²) < 4.78 is 4.94. The maximum Gasteiger partial charge on any atom is 0.326 e. The van der Waals surface area contributed by atoms with Crippen molar-refractivity contribution < 1.29 is 14.6 Å². The number of methoxy groups -OCH3 is 1. The third-order valence-electron chi connectivity index (χ3n) is 2.29. The van der Waals surface area contributed by atoms with Gasteiger partial charge in [0.25, 0.3) is 0 Å². The van der Waals surface area contributed by atoms with E-state index >= 15 is 0 Å². The zero-order valence-corrected chi connectivity index (χ0v) is 10.0. The number of nitrogens with one attached hydrogen (secondary N) is 1. The van der Waals surface area contributed by atoms with Crippen molar-refractivity contribution in [1.82, 2.24) is 9.97 Å². The van der Waals surface area contributed by atoms with Crippen LogP contribution in [0.2, 0.25) is 0 Å². The van der Waals surface area contributed by atoms with E-state index in [0.717, 1.165) is 12.8 Å².